The first-order valence-corrected chi connectivity index (χ1v) is 8.74. The highest BCUT2D eigenvalue weighted by molar-refractivity contribution is 7.13. The molecule has 0 aromatic carbocycles. The Bertz CT molecular complexity index is 195. The van der Waals surface area contributed by atoms with Crippen LogP contribution in [0.15, 0.2) is 0 Å². The highest BCUT2D eigenvalue weighted by Gasteiger charge is 2.62. The smallest absolute Gasteiger partial charge is 0.373 e. The van der Waals surface area contributed by atoms with E-state index in [2.05, 4.69) is 0 Å². The standard InChI is InChI=1S/C6H18ClNO6Si2/c1-9-8(15(7,10-2)11-3)16(12-4,13-5)14-6/h1-6H3. The van der Waals surface area contributed by atoms with Gasteiger partial charge in [0.25, 0.3) is 0 Å². The topological polar surface area (TPSA) is 58.6 Å². The average Bonchev–Trinajstić information content (AvgIpc) is 2.35. The van der Waals surface area contributed by atoms with Gasteiger partial charge >= 0.3 is 17.0 Å². The first-order chi connectivity index (χ1) is 7.50. The van der Waals surface area contributed by atoms with Crippen LogP contribution in [0.3, 0.4) is 0 Å². The van der Waals surface area contributed by atoms with Gasteiger partial charge in [0.1, 0.15) is 0 Å². The van der Waals surface area contributed by atoms with Crippen molar-refractivity contribution in [3.8, 4) is 0 Å². The summed E-state index contributed by atoms with van der Waals surface area (Å²) in [6, 6.07) is 0. The number of halogens is 1. The molecule has 0 unspecified atom stereocenters. The third-order valence-corrected chi connectivity index (χ3v) is 9.37. The third-order valence-electron chi connectivity index (χ3n) is 1.95. The molecule has 16 heavy (non-hydrogen) atoms. The van der Waals surface area contributed by atoms with E-state index in [1.165, 1.54) is 47.1 Å². The molecule has 0 atom stereocenters. The van der Waals surface area contributed by atoms with E-state index in [-0.39, 0.29) is 0 Å². The van der Waals surface area contributed by atoms with Crippen molar-refractivity contribution in [3.05, 3.63) is 0 Å². The minimum absolute atomic E-state index is 1.21. The van der Waals surface area contributed by atoms with E-state index in [1.807, 2.05) is 0 Å². The predicted octanol–water partition coefficient (Wildman–Crippen LogP) is 0.192. The Hall–Kier alpha value is 0.444. The average molecular weight is 292 g/mol. The second kappa shape index (κ2) is 7.01. The Kier molecular flexibility index (Phi) is 7.20. The molecule has 0 spiro atoms. The van der Waals surface area contributed by atoms with E-state index in [1.54, 1.807) is 0 Å². The van der Waals surface area contributed by atoms with Gasteiger partial charge in [-0.3, -0.25) is 0 Å². The number of hydrogen-bond donors (Lipinski definition) is 0. The zero-order chi connectivity index (χ0) is 12.8. The van der Waals surface area contributed by atoms with Crippen molar-refractivity contribution in [2.24, 2.45) is 0 Å². The summed E-state index contributed by atoms with van der Waals surface area (Å²) in [6.45, 7) is 0. The van der Waals surface area contributed by atoms with Gasteiger partial charge in [0.2, 0.25) is 0 Å². The quantitative estimate of drug-likeness (QED) is 0.359. The van der Waals surface area contributed by atoms with Crippen molar-refractivity contribution in [3.63, 3.8) is 0 Å². The van der Waals surface area contributed by atoms with E-state index in [4.69, 9.17) is 38.0 Å². The number of hydrogen-bond acceptors (Lipinski definition) is 7. The molecule has 0 heterocycles. The van der Waals surface area contributed by atoms with Gasteiger partial charge in [-0.1, -0.05) is 15.5 Å². The largest absolute Gasteiger partial charge is 0.621 e. The molecule has 0 saturated carbocycles. The van der Waals surface area contributed by atoms with Gasteiger partial charge < -0.3 is 27.0 Å². The van der Waals surface area contributed by atoms with Gasteiger partial charge in [-0.15, -0.1) is 0 Å². The van der Waals surface area contributed by atoms with E-state index in [0.29, 0.717) is 0 Å². The van der Waals surface area contributed by atoms with Crippen molar-refractivity contribution in [2.45, 2.75) is 0 Å². The fourth-order valence-electron chi connectivity index (χ4n) is 1.13. The summed E-state index contributed by atoms with van der Waals surface area (Å²) in [6.07, 6.45) is 0. The first-order valence-electron chi connectivity index (χ1n) is 4.29. The number of rotatable bonds is 8. The summed E-state index contributed by atoms with van der Waals surface area (Å²) in [5.74, 6) is 0. The van der Waals surface area contributed by atoms with Crippen molar-refractivity contribution in [1.82, 2.24) is 4.39 Å². The fraction of sp³-hybridized carbons (Fsp3) is 1.00. The first kappa shape index (κ1) is 16.4. The van der Waals surface area contributed by atoms with Gasteiger partial charge in [0.05, 0.1) is 7.11 Å². The van der Waals surface area contributed by atoms with Crippen molar-refractivity contribution in [1.29, 1.82) is 0 Å². The van der Waals surface area contributed by atoms with Crippen molar-refractivity contribution >= 4 is 28.1 Å². The van der Waals surface area contributed by atoms with Crippen LogP contribution >= 0.6 is 11.1 Å². The molecule has 0 radical (unpaired) electrons. The lowest BCUT2D eigenvalue weighted by Crippen LogP contribution is -2.69. The Balaban J connectivity index is 5.21. The molecular formula is C6H18ClNO6Si2. The SMILES string of the molecule is CON([Si](Cl)(OC)OC)[Si](OC)(OC)OC. The normalized spacial score (nSPS) is 13.5. The molecule has 98 valence electrons. The van der Waals surface area contributed by atoms with Gasteiger partial charge in [0.15, 0.2) is 0 Å². The Morgan fingerprint density at radius 1 is 0.750 bits per heavy atom. The van der Waals surface area contributed by atoms with Crippen molar-refractivity contribution < 1.29 is 27.0 Å². The lowest BCUT2D eigenvalue weighted by atomic mass is 11.7. The van der Waals surface area contributed by atoms with Gasteiger partial charge in [0, 0.05) is 35.5 Å². The summed E-state index contributed by atoms with van der Waals surface area (Å²) in [7, 11) is 2.04. The Morgan fingerprint density at radius 3 is 1.31 bits per heavy atom. The monoisotopic (exact) mass is 291 g/mol. The van der Waals surface area contributed by atoms with E-state index < -0.39 is 17.0 Å². The van der Waals surface area contributed by atoms with E-state index >= 15 is 0 Å². The van der Waals surface area contributed by atoms with Crippen LogP contribution in [0.4, 0.5) is 0 Å². The molecule has 0 aromatic heterocycles. The second-order valence-corrected chi connectivity index (χ2v) is 9.32. The summed E-state index contributed by atoms with van der Waals surface area (Å²) < 4.78 is 27.1. The molecule has 0 fully saturated rings. The molecule has 0 amide bonds. The lowest BCUT2D eigenvalue weighted by molar-refractivity contribution is -0.100. The summed E-state index contributed by atoms with van der Waals surface area (Å²) >= 11 is 6.18. The fourth-order valence-corrected chi connectivity index (χ4v) is 6.89. The predicted molar refractivity (Wildman–Crippen MR) is 61.3 cm³/mol. The van der Waals surface area contributed by atoms with Crippen LogP contribution in [0.2, 0.25) is 0 Å². The Labute approximate surface area is 103 Å². The molecule has 0 aliphatic carbocycles. The number of nitrogens with zero attached hydrogens (tertiary/aromatic N) is 1. The van der Waals surface area contributed by atoms with Gasteiger partial charge in [-0.2, -0.15) is 0 Å². The maximum absolute atomic E-state index is 6.18. The highest BCUT2D eigenvalue weighted by Crippen LogP contribution is 2.25. The maximum atomic E-state index is 6.18. The lowest BCUT2D eigenvalue weighted by Gasteiger charge is -2.38. The zero-order valence-electron chi connectivity index (χ0n) is 10.3. The van der Waals surface area contributed by atoms with Crippen molar-refractivity contribution in [2.75, 3.05) is 42.7 Å². The minimum Gasteiger partial charge on any atom is -0.373 e. The zero-order valence-corrected chi connectivity index (χ0v) is 13.0. The molecule has 10 heteroatoms. The molecule has 0 aliphatic rings. The summed E-state index contributed by atoms with van der Waals surface area (Å²) in [5, 5.41) is 0. The van der Waals surface area contributed by atoms with Gasteiger partial charge in [-0.25, -0.2) is 0 Å². The van der Waals surface area contributed by atoms with Crippen LogP contribution < -0.4 is 0 Å². The van der Waals surface area contributed by atoms with E-state index in [9.17, 15) is 0 Å². The minimum atomic E-state index is -3.26. The maximum Gasteiger partial charge on any atom is 0.621 e. The molecule has 0 N–H and O–H groups in total. The van der Waals surface area contributed by atoms with Crippen LogP contribution in [-0.2, 0) is 27.0 Å². The van der Waals surface area contributed by atoms with Crippen LogP contribution in [0.25, 0.3) is 0 Å². The molecule has 0 saturated heterocycles. The second-order valence-electron chi connectivity index (χ2n) is 2.53. The molecule has 0 aromatic rings. The van der Waals surface area contributed by atoms with Crippen LogP contribution in [-0.4, -0.2) is 64.1 Å². The molecule has 0 aliphatic heterocycles. The molecule has 0 bridgehead atoms. The van der Waals surface area contributed by atoms with Gasteiger partial charge in [-0.05, 0) is 0 Å². The third kappa shape index (κ3) is 3.01. The molecule has 0 rings (SSSR count). The van der Waals surface area contributed by atoms with Crippen LogP contribution in [0.5, 0.6) is 0 Å². The summed E-state index contributed by atoms with van der Waals surface area (Å²) in [4.78, 5) is 5.14. The van der Waals surface area contributed by atoms with Crippen LogP contribution in [0, 0.1) is 0 Å². The molecular weight excluding hydrogens is 274 g/mol. The van der Waals surface area contributed by atoms with Crippen LogP contribution in [0.1, 0.15) is 0 Å². The summed E-state index contributed by atoms with van der Waals surface area (Å²) in [5.41, 5.74) is 0. The Morgan fingerprint density at radius 2 is 1.12 bits per heavy atom. The molecule has 7 nitrogen and oxygen atoms in total. The van der Waals surface area contributed by atoms with E-state index in [0.717, 1.165) is 0 Å². The highest BCUT2D eigenvalue weighted by atomic mass is 35.6.